The predicted octanol–water partition coefficient (Wildman–Crippen LogP) is 0.511. The highest BCUT2D eigenvalue weighted by atomic mass is 16.3. The zero-order valence-electron chi connectivity index (χ0n) is 7.32. The Labute approximate surface area is 76.2 Å². The first kappa shape index (κ1) is 9.54. The van der Waals surface area contributed by atoms with E-state index < -0.39 is 5.91 Å². The molecule has 0 spiro atoms. The van der Waals surface area contributed by atoms with E-state index in [1.807, 2.05) is 0 Å². The van der Waals surface area contributed by atoms with Gasteiger partial charge >= 0.3 is 0 Å². The molecule has 0 aliphatic carbocycles. The highest BCUT2D eigenvalue weighted by molar-refractivity contribution is 5.93. The van der Waals surface area contributed by atoms with Crippen molar-refractivity contribution in [2.45, 2.75) is 13.0 Å². The minimum atomic E-state index is -0.526. The lowest BCUT2D eigenvalue weighted by atomic mass is 10.0. The summed E-state index contributed by atoms with van der Waals surface area (Å²) < 4.78 is 0. The van der Waals surface area contributed by atoms with Crippen LogP contribution in [0.15, 0.2) is 18.2 Å². The highest BCUT2D eigenvalue weighted by Crippen LogP contribution is 2.23. The number of phenols is 1. The maximum absolute atomic E-state index is 10.8. The SMILES string of the molecule is CC(N)c1cc(C(N)=O)ccc1O. The Kier molecular flexibility index (Phi) is 2.53. The van der Waals surface area contributed by atoms with Crippen LogP contribution in [0.1, 0.15) is 28.9 Å². The minimum Gasteiger partial charge on any atom is -0.508 e. The number of nitrogens with two attached hydrogens (primary N) is 2. The third kappa shape index (κ3) is 1.97. The summed E-state index contributed by atoms with van der Waals surface area (Å²) >= 11 is 0. The average molecular weight is 180 g/mol. The third-order valence-corrected chi connectivity index (χ3v) is 1.80. The molecule has 0 heterocycles. The smallest absolute Gasteiger partial charge is 0.248 e. The van der Waals surface area contributed by atoms with Crippen molar-refractivity contribution in [3.05, 3.63) is 29.3 Å². The topological polar surface area (TPSA) is 89.3 Å². The summed E-state index contributed by atoms with van der Waals surface area (Å²) in [5.74, 6) is -0.443. The molecule has 1 aromatic rings. The molecule has 1 atom stereocenters. The molecule has 13 heavy (non-hydrogen) atoms. The van der Waals surface area contributed by atoms with Gasteiger partial charge in [-0.1, -0.05) is 0 Å². The Hall–Kier alpha value is -1.55. The lowest BCUT2D eigenvalue weighted by molar-refractivity contribution is 0.1000. The van der Waals surface area contributed by atoms with E-state index in [0.717, 1.165) is 0 Å². The Morgan fingerprint density at radius 3 is 2.62 bits per heavy atom. The molecule has 0 aliphatic rings. The number of hydrogen-bond donors (Lipinski definition) is 3. The van der Waals surface area contributed by atoms with E-state index >= 15 is 0 Å². The maximum Gasteiger partial charge on any atom is 0.248 e. The van der Waals surface area contributed by atoms with E-state index in [9.17, 15) is 9.90 Å². The van der Waals surface area contributed by atoms with Crippen LogP contribution in [-0.2, 0) is 0 Å². The molecule has 4 heteroatoms. The van der Waals surface area contributed by atoms with Crippen LogP contribution in [0.5, 0.6) is 5.75 Å². The lowest BCUT2D eigenvalue weighted by Crippen LogP contribution is -2.13. The van der Waals surface area contributed by atoms with E-state index in [2.05, 4.69) is 0 Å². The van der Waals surface area contributed by atoms with Gasteiger partial charge in [0.2, 0.25) is 5.91 Å². The fraction of sp³-hybridized carbons (Fsp3) is 0.222. The number of carbonyl (C=O) groups is 1. The van der Waals surface area contributed by atoms with Crippen molar-refractivity contribution in [1.29, 1.82) is 0 Å². The molecule has 0 bridgehead atoms. The molecule has 0 saturated carbocycles. The van der Waals surface area contributed by atoms with Crippen molar-refractivity contribution >= 4 is 5.91 Å². The number of benzene rings is 1. The molecular weight excluding hydrogens is 168 g/mol. The van der Waals surface area contributed by atoms with Gasteiger partial charge in [-0.2, -0.15) is 0 Å². The Morgan fingerprint density at radius 2 is 2.15 bits per heavy atom. The first-order valence-electron chi connectivity index (χ1n) is 3.90. The first-order valence-corrected chi connectivity index (χ1v) is 3.90. The van der Waals surface area contributed by atoms with Gasteiger partial charge in [0.1, 0.15) is 5.75 Å². The second-order valence-corrected chi connectivity index (χ2v) is 2.93. The van der Waals surface area contributed by atoms with E-state index in [-0.39, 0.29) is 11.8 Å². The summed E-state index contributed by atoms with van der Waals surface area (Å²) in [4.78, 5) is 10.8. The third-order valence-electron chi connectivity index (χ3n) is 1.80. The fourth-order valence-electron chi connectivity index (χ4n) is 1.07. The number of hydrogen-bond acceptors (Lipinski definition) is 3. The van der Waals surface area contributed by atoms with Crippen LogP contribution in [0.4, 0.5) is 0 Å². The van der Waals surface area contributed by atoms with E-state index in [1.54, 1.807) is 6.92 Å². The van der Waals surface area contributed by atoms with Gasteiger partial charge in [0.15, 0.2) is 0 Å². The summed E-state index contributed by atoms with van der Waals surface area (Å²) in [6.07, 6.45) is 0. The van der Waals surface area contributed by atoms with Crippen LogP contribution in [0.3, 0.4) is 0 Å². The van der Waals surface area contributed by atoms with Crippen LogP contribution < -0.4 is 11.5 Å². The number of amides is 1. The second kappa shape index (κ2) is 3.45. The predicted molar refractivity (Wildman–Crippen MR) is 49.2 cm³/mol. The number of primary amides is 1. The number of rotatable bonds is 2. The molecule has 5 N–H and O–H groups in total. The molecule has 1 unspecified atom stereocenters. The summed E-state index contributed by atoms with van der Waals surface area (Å²) in [7, 11) is 0. The molecule has 0 aliphatic heterocycles. The lowest BCUT2D eigenvalue weighted by Gasteiger charge is -2.08. The fourth-order valence-corrected chi connectivity index (χ4v) is 1.07. The number of aromatic hydroxyl groups is 1. The summed E-state index contributed by atoms with van der Waals surface area (Å²) in [6.45, 7) is 1.72. The summed E-state index contributed by atoms with van der Waals surface area (Å²) in [5, 5.41) is 9.36. The maximum atomic E-state index is 10.8. The van der Waals surface area contributed by atoms with Gasteiger partial charge < -0.3 is 16.6 Å². The summed E-state index contributed by atoms with van der Waals surface area (Å²) in [5.41, 5.74) is 11.5. The van der Waals surface area contributed by atoms with Gasteiger partial charge in [-0.05, 0) is 25.1 Å². The zero-order chi connectivity index (χ0) is 10.0. The highest BCUT2D eigenvalue weighted by Gasteiger charge is 2.09. The largest absolute Gasteiger partial charge is 0.508 e. The monoisotopic (exact) mass is 180 g/mol. The first-order chi connectivity index (χ1) is 6.02. The molecule has 0 fully saturated rings. The van der Waals surface area contributed by atoms with Crippen LogP contribution >= 0.6 is 0 Å². The van der Waals surface area contributed by atoms with Crippen molar-refractivity contribution in [2.24, 2.45) is 11.5 Å². The van der Waals surface area contributed by atoms with Gasteiger partial charge in [-0.15, -0.1) is 0 Å². The molecule has 0 radical (unpaired) electrons. The van der Waals surface area contributed by atoms with Crippen molar-refractivity contribution in [3.8, 4) is 5.75 Å². The van der Waals surface area contributed by atoms with Crippen LogP contribution in [0.25, 0.3) is 0 Å². The second-order valence-electron chi connectivity index (χ2n) is 2.93. The quantitative estimate of drug-likeness (QED) is 0.619. The molecule has 70 valence electrons. The summed E-state index contributed by atoms with van der Waals surface area (Å²) in [6, 6.07) is 4.06. The normalized spacial score (nSPS) is 12.5. The minimum absolute atomic E-state index is 0.0833. The molecule has 0 saturated heterocycles. The van der Waals surface area contributed by atoms with Gasteiger partial charge in [0, 0.05) is 17.2 Å². The van der Waals surface area contributed by atoms with E-state index in [4.69, 9.17) is 11.5 Å². The van der Waals surface area contributed by atoms with Crippen LogP contribution in [0, 0.1) is 0 Å². The van der Waals surface area contributed by atoms with Crippen LogP contribution in [0.2, 0.25) is 0 Å². The van der Waals surface area contributed by atoms with Gasteiger partial charge in [0.05, 0.1) is 0 Å². The molecule has 1 aromatic carbocycles. The van der Waals surface area contributed by atoms with Crippen molar-refractivity contribution in [1.82, 2.24) is 0 Å². The van der Waals surface area contributed by atoms with E-state index in [0.29, 0.717) is 11.1 Å². The van der Waals surface area contributed by atoms with E-state index in [1.165, 1.54) is 18.2 Å². The Morgan fingerprint density at radius 1 is 1.54 bits per heavy atom. The van der Waals surface area contributed by atoms with Gasteiger partial charge in [0.25, 0.3) is 0 Å². The molecule has 1 rings (SSSR count). The average Bonchev–Trinajstić information content (AvgIpc) is 2.04. The molecular formula is C9H12N2O2. The van der Waals surface area contributed by atoms with Gasteiger partial charge in [-0.3, -0.25) is 4.79 Å². The van der Waals surface area contributed by atoms with Gasteiger partial charge in [-0.25, -0.2) is 0 Å². The van der Waals surface area contributed by atoms with Crippen molar-refractivity contribution < 1.29 is 9.90 Å². The Bertz CT molecular complexity index is 334. The zero-order valence-corrected chi connectivity index (χ0v) is 7.32. The molecule has 0 aromatic heterocycles. The van der Waals surface area contributed by atoms with Crippen molar-refractivity contribution in [3.63, 3.8) is 0 Å². The number of phenolic OH excluding ortho intramolecular Hbond substituents is 1. The number of carbonyl (C=O) groups excluding carboxylic acids is 1. The van der Waals surface area contributed by atoms with Crippen LogP contribution in [-0.4, -0.2) is 11.0 Å². The standard InChI is InChI=1S/C9H12N2O2/c1-5(10)7-4-6(9(11)13)2-3-8(7)12/h2-5,12H,10H2,1H3,(H2,11,13). The molecule has 1 amide bonds. The Balaban J connectivity index is 3.19. The van der Waals surface area contributed by atoms with Crippen molar-refractivity contribution in [2.75, 3.05) is 0 Å². The molecule has 4 nitrogen and oxygen atoms in total.